The lowest BCUT2D eigenvalue weighted by atomic mass is 9.94. The molecule has 25 heavy (non-hydrogen) atoms. The number of hydrogen-bond donors (Lipinski definition) is 0. The predicted molar refractivity (Wildman–Crippen MR) is 97.4 cm³/mol. The molecular formula is C20H25N3O2. The van der Waals surface area contributed by atoms with Crippen molar-refractivity contribution in [1.82, 2.24) is 9.80 Å². The third-order valence-corrected chi connectivity index (χ3v) is 5.66. The maximum Gasteiger partial charge on any atom is 0.256 e. The van der Waals surface area contributed by atoms with Gasteiger partial charge in [-0.05, 0) is 44.4 Å². The van der Waals surface area contributed by atoms with E-state index in [1.165, 1.54) is 28.6 Å². The molecule has 2 amide bonds. The summed E-state index contributed by atoms with van der Waals surface area (Å²) >= 11 is 0. The molecule has 132 valence electrons. The van der Waals surface area contributed by atoms with Crippen LogP contribution in [0.3, 0.4) is 0 Å². The molecule has 0 bridgehead atoms. The van der Waals surface area contributed by atoms with Gasteiger partial charge in [0.05, 0.1) is 0 Å². The Morgan fingerprint density at radius 3 is 2.76 bits per heavy atom. The minimum absolute atomic E-state index is 0.126. The number of hydrogen-bond acceptors (Lipinski definition) is 4. The molecule has 1 atom stereocenters. The fourth-order valence-electron chi connectivity index (χ4n) is 4.31. The second kappa shape index (κ2) is 6.64. The van der Waals surface area contributed by atoms with Gasteiger partial charge in [-0.1, -0.05) is 18.2 Å². The van der Waals surface area contributed by atoms with Crippen LogP contribution in [-0.4, -0.2) is 60.4 Å². The molecule has 1 fully saturated rings. The van der Waals surface area contributed by atoms with E-state index in [0.29, 0.717) is 18.2 Å². The van der Waals surface area contributed by atoms with Gasteiger partial charge in [0.15, 0.2) is 0 Å². The summed E-state index contributed by atoms with van der Waals surface area (Å²) in [5, 5.41) is 0. The molecule has 3 aliphatic heterocycles. The number of nitrogens with zero attached hydrogens (tertiary/aromatic N) is 3. The highest BCUT2D eigenvalue weighted by Crippen LogP contribution is 2.32. The van der Waals surface area contributed by atoms with Crippen molar-refractivity contribution in [3.8, 4) is 0 Å². The number of carbonyl (C=O) groups is 2. The Balaban J connectivity index is 1.30. The van der Waals surface area contributed by atoms with Gasteiger partial charge < -0.3 is 4.90 Å². The van der Waals surface area contributed by atoms with Crippen molar-refractivity contribution in [2.24, 2.45) is 0 Å². The van der Waals surface area contributed by atoms with Crippen molar-refractivity contribution in [1.29, 1.82) is 0 Å². The number of fused-ring (bicyclic) bond motifs is 3. The molecule has 0 aliphatic carbocycles. The molecule has 0 saturated carbocycles. The summed E-state index contributed by atoms with van der Waals surface area (Å²) in [7, 11) is 0. The highest BCUT2D eigenvalue weighted by atomic mass is 16.2. The lowest BCUT2D eigenvalue weighted by molar-refractivity contribution is -0.137. The van der Waals surface area contributed by atoms with Crippen LogP contribution in [0.1, 0.15) is 25.3 Å². The van der Waals surface area contributed by atoms with Gasteiger partial charge >= 0.3 is 0 Å². The average Bonchev–Trinajstić information content (AvgIpc) is 2.87. The van der Waals surface area contributed by atoms with E-state index >= 15 is 0 Å². The quantitative estimate of drug-likeness (QED) is 0.785. The van der Waals surface area contributed by atoms with E-state index < -0.39 is 0 Å². The fraction of sp³-hybridized carbons (Fsp3) is 0.500. The SMILES string of the molecule is CC1=CC(=O)N(CCCN2CCN3c4ccccc4CCC3C2)C1=O. The first-order chi connectivity index (χ1) is 12.1. The molecule has 0 N–H and O–H groups in total. The average molecular weight is 339 g/mol. The molecule has 1 saturated heterocycles. The summed E-state index contributed by atoms with van der Waals surface area (Å²) < 4.78 is 0. The number of imide groups is 1. The van der Waals surface area contributed by atoms with E-state index in [4.69, 9.17) is 0 Å². The minimum Gasteiger partial charge on any atom is -0.366 e. The van der Waals surface area contributed by atoms with Crippen molar-refractivity contribution in [3.63, 3.8) is 0 Å². The third-order valence-electron chi connectivity index (χ3n) is 5.66. The Morgan fingerprint density at radius 1 is 1.12 bits per heavy atom. The maximum absolute atomic E-state index is 11.9. The van der Waals surface area contributed by atoms with Gasteiger partial charge in [-0.15, -0.1) is 0 Å². The van der Waals surface area contributed by atoms with Crippen molar-refractivity contribution in [2.45, 2.75) is 32.2 Å². The van der Waals surface area contributed by atoms with E-state index in [1.54, 1.807) is 6.92 Å². The second-order valence-electron chi connectivity index (χ2n) is 7.29. The standard InChI is InChI=1S/C20H25N3O2/c1-15-13-19(24)23(20(15)25)10-4-9-21-11-12-22-17(14-21)8-7-16-5-2-3-6-18(16)22/h2-3,5-6,13,17H,4,7-12,14H2,1H3. The summed E-state index contributed by atoms with van der Waals surface area (Å²) in [6.07, 6.45) is 4.66. The van der Waals surface area contributed by atoms with Gasteiger partial charge in [0.25, 0.3) is 11.8 Å². The largest absolute Gasteiger partial charge is 0.366 e. The molecule has 5 heteroatoms. The highest BCUT2D eigenvalue weighted by molar-refractivity contribution is 6.15. The smallest absolute Gasteiger partial charge is 0.256 e. The number of rotatable bonds is 4. The molecule has 1 aromatic carbocycles. The van der Waals surface area contributed by atoms with Crippen molar-refractivity contribution in [3.05, 3.63) is 41.5 Å². The van der Waals surface area contributed by atoms with E-state index in [2.05, 4.69) is 34.1 Å². The van der Waals surface area contributed by atoms with Crippen LogP contribution in [0.4, 0.5) is 5.69 Å². The maximum atomic E-state index is 11.9. The number of piperazine rings is 1. The van der Waals surface area contributed by atoms with Crippen molar-refractivity contribution < 1.29 is 9.59 Å². The second-order valence-corrected chi connectivity index (χ2v) is 7.29. The summed E-state index contributed by atoms with van der Waals surface area (Å²) in [6, 6.07) is 9.35. The molecular weight excluding hydrogens is 314 g/mol. The van der Waals surface area contributed by atoms with Crippen LogP contribution in [-0.2, 0) is 16.0 Å². The van der Waals surface area contributed by atoms with Gasteiger partial charge in [-0.2, -0.15) is 0 Å². The third kappa shape index (κ3) is 3.09. The topological polar surface area (TPSA) is 43.9 Å². The molecule has 1 unspecified atom stereocenters. The van der Waals surface area contributed by atoms with Crippen molar-refractivity contribution >= 4 is 17.5 Å². The van der Waals surface area contributed by atoms with E-state index in [1.807, 2.05) is 0 Å². The number of benzene rings is 1. The van der Waals surface area contributed by atoms with Gasteiger partial charge in [-0.25, -0.2) is 0 Å². The summed E-state index contributed by atoms with van der Waals surface area (Å²) in [6.45, 7) is 6.36. The predicted octanol–water partition coefficient (Wildman–Crippen LogP) is 1.83. The molecule has 0 spiro atoms. The normalized spacial score (nSPS) is 23.6. The van der Waals surface area contributed by atoms with Gasteiger partial charge in [0.2, 0.25) is 0 Å². The minimum atomic E-state index is -0.156. The van der Waals surface area contributed by atoms with Crippen LogP contribution < -0.4 is 4.90 Å². The molecule has 4 rings (SSSR count). The van der Waals surface area contributed by atoms with Crippen LogP contribution in [0.25, 0.3) is 0 Å². The van der Waals surface area contributed by atoms with Crippen LogP contribution in [0.5, 0.6) is 0 Å². The number of aryl methyl sites for hydroxylation is 1. The lowest BCUT2D eigenvalue weighted by Gasteiger charge is -2.46. The zero-order valence-electron chi connectivity index (χ0n) is 14.8. The van der Waals surface area contributed by atoms with Gasteiger partial charge in [0, 0.05) is 49.6 Å². The van der Waals surface area contributed by atoms with Crippen molar-refractivity contribution in [2.75, 3.05) is 37.6 Å². The monoisotopic (exact) mass is 339 g/mol. The Kier molecular flexibility index (Phi) is 4.34. The number of para-hydroxylation sites is 1. The fourth-order valence-corrected chi connectivity index (χ4v) is 4.31. The first kappa shape index (κ1) is 16.3. The van der Waals surface area contributed by atoms with E-state index in [-0.39, 0.29) is 11.8 Å². The van der Waals surface area contributed by atoms with E-state index in [0.717, 1.165) is 39.0 Å². The number of carbonyl (C=O) groups excluding carboxylic acids is 2. The number of amides is 2. The Bertz CT molecular complexity index is 727. The zero-order valence-corrected chi connectivity index (χ0v) is 14.8. The molecule has 0 aromatic heterocycles. The Labute approximate surface area is 148 Å². The lowest BCUT2D eigenvalue weighted by Crippen LogP contribution is -2.55. The van der Waals surface area contributed by atoms with Crippen LogP contribution in [0.15, 0.2) is 35.9 Å². The summed E-state index contributed by atoms with van der Waals surface area (Å²) in [4.78, 5) is 30.1. The molecule has 0 radical (unpaired) electrons. The molecule has 3 aliphatic rings. The van der Waals surface area contributed by atoms with Crippen LogP contribution in [0, 0.1) is 0 Å². The molecule has 1 aromatic rings. The van der Waals surface area contributed by atoms with Crippen LogP contribution in [0.2, 0.25) is 0 Å². The Morgan fingerprint density at radius 2 is 1.96 bits per heavy atom. The first-order valence-electron chi connectivity index (χ1n) is 9.24. The molecule has 5 nitrogen and oxygen atoms in total. The van der Waals surface area contributed by atoms with E-state index in [9.17, 15) is 9.59 Å². The molecule has 3 heterocycles. The first-order valence-corrected chi connectivity index (χ1v) is 9.24. The summed E-state index contributed by atoms with van der Waals surface area (Å²) in [5.74, 6) is -0.282. The zero-order chi connectivity index (χ0) is 17.4. The van der Waals surface area contributed by atoms with Gasteiger partial charge in [0.1, 0.15) is 0 Å². The summed E-state index contributed by atoms with van der Waals surface area (Å²) in [5.41, 5.74) is 3.44. The Hall–Kier alpha value is -2.14. The van der Waals surface area contributed by atoms with Gasteiger partial charge in [-0.3, -0.25) is 19.4 Å². The van der Waals surface area contributed by atoms with Crippen LogP contribution >= 0.6 is 0 Å². The number of anilines is 1. The highest BCUT2D eigenvalue weighted by Gasteiger charge is 2.32.